The Morgan fingerprint density at radius 1 is 1.92 bits per heavy atom. The molecule has 0 aromatic carbocycles. The second kappa shape index (κ2) is 4.13. The lowest BCUT2D eigenvalue weighted by Gasteiger charge is -2.08. The third-order valence-corrected chi connectivity index (χ3v) is 1.80. The highest BCUT2D eigenvalue weighted by Gasteiger charge is 2.10. The molecule has 1 aromatic heterocycles. The van der Waals surface area contributed by atoms with E-state index >= 15 is 0 Å². The molecule has 6 heteroatoms. The molecule has 5 nitrogen and oxygen atoms in total. The van der Waals surface area contributed by atoms with Gasteiger partial charge in [-0.05, 0) is 6.92 Å². The molecule has 0 saturated carbocycles. The molecule has 0 fully saturated rings. The molecule has 1 aromatic rings. The summed E-state index contributed by atoms with van der Waals surface area (Å²) in [5.41, 5.74) is 5.67. The largest absolute Gasteiger partial charge is 0.347 e. The number of amides is 1. The Balaban J connectivity index is 2.50. The van der Waals surface area contributed by atoms with Crippen LogP contribution in [0.25, 0.3) is 0 Å². The van der Waals surface area contributed by atoms with Crippen molar-refractivity contribution in [3.05, 3.63) is 11.9 Å². The highest BCUT2D eigenvalue weighted by molar-refractivity contribution is 6.99. The fourth-order valence-electron chi connectivity index (χ4n) is 0.621. The number of nitrogens with zero attached hydrogens (tertiary/aromatic N) is 2. The summed E-state index contributed by atoms with van der Waals surface area (Å²) in [5, 5.41) is 2.67. The van der Waals surface area contributed by atoms with Crippen LogP contribution in [0.15, 0.2) is 6.20 Å². The number of nitrogens with two attached hydrogens (primary N) is 1. The quantitative estimate of drug-likeness (QED) is 0.674. The number of carbonyl (C=O) groups excluding carboxylic acids is 1. The van der Waals surface area contributed by atoms with Gasteiger partial charge in [-0.15, -0.1) is 0 Å². The first-order chi connectivity index (χ1) is 5.74. The predicted octanol–water partition coefficient (Wildman–Crippen LogP) is -0.385. The van der Waals surface area contributed by atoms with Crippen LogP contribution < -0.4 is 11.1 Å². The molecule has 1 heterocycles. The third kappa shape index (κ3) is 2.24. The lowest BCUT2D eigenvalue weighted by molar-refractivity contribution is 0.0937. The maximum atomic E-state index is 11.2. The minimum atomic E-state index is -0.221. The van der Waals surface area contributed by atoms with Crippen molar-refractivity contribution in [2.75, 3.05) is 6.54 Å². The zero-order valence-electron chi connectivity index (χ0n) is 6.65. The molecular formula is C6H10N4OS. The zero-order valence-corrected chi connectivity index (χ0v) is 7.47. The van der Waals surface area contributed by atoms with Gasteiger partial charge in [-0.3, -0.25) is 4.79 Å². The Bertz CT molecular complexity index is 248. The summed E-state index contributed by atoms with van der Waals surface area (Å²) < 4.78 is 7.50. The van der Waals surface area contributed by atoms with Gasteiger partial charge in [-0.1, -0.05) is 0 Å². The highest BCUT2D eigenvalue weighted by atomic mass is 32.1. The van der Waals surface area contributed by atoms with E-state index in [1.165, 1.54) is 6.20 Å². The van der Waals surface area contributed by atoms with E-state index in [4.69, 9.17) is 5.73 Å². The van der Waals surface area contributed by atoms with E-state index in [2.05, 4.69) is 14.1 Å². The summed E-state index contributed by atoms with van der Waals surface area (Å²) in [4.78, 5) is 11.2. The van der Waals surface area contributed by atoms with Gasteiger partial charge < -0.3 is 11.1 Å². The molecule has 1 rings (SSSR count). The van der Waals surface area contributed by atoms with Crippen molar-refractivity contribution in [3.63, 3.8) is 0 Å². The molecule has 0 saturated heterocycles. The number of rotatable bonds is 3. The summed E-state index contributed by atoms with van der Waals surface area (Å²) in [7, 11) is 0. The van der Waals surface area contributed by atoms with Crippen LogP contribution >= 0.6 is 11.7 Å². The van der Waals surface area contributed by atoms with Crippen LogP contribution in [0.5, 0.6) is 0 Å². The predicted molar refractivity (Wildman–Crippen MR) is 45.9 cm³/mol. The van der Waals surface area contributed by atoms with Crippen LogP contribution in [0.4, 0.5) is 0 Å². The monoisotopic (exact) mass is 186 g/mol. The summed E-state index contributed by atoms with van der Waals surface area (Å²) in [6.07, 6.45) is 1.43. The van der Waals surface area contributed by atoms with E-state index in [9.17, 15) is 4.79 Å². The average molecular weight is 186 g/mol. The first-order valence-electron chi connectivity index (χ1n) is 3.52. The molecule has 1 amide bonds. The fraction of sp³-hybridized carbons (Fsp3) is 0.500. The van der Waals surface area contributed by atoms with E-state index in [-0.39, 0.29) is 11.9 Å². The van der Waals surface area contributed by atoms with Crippen molar-refractivity contribution in [3.8, 4) is 0 Å². The van der Waals surface area contributed by atoms with Gasteiger partial charge in [0.05, 0.1) is 17.9 Å². The van der Waals surface area contributed by atoms with E-state index in [0.717, 1.165) is 11.7 Å². The minimum Gasteiger partial charge on any atom is -0.347 e. The van der Waals surface area contributed by atoms with Gasteiger partial charge in [0.1, 0.15) is 0 Å². The Hall–Kier alpha value is -1.01. The second-order valence-electron chi connectivity index (χ2n) is 2.40. The van der Waals surface area contributed by atoms with Crippen molar-refractivity contribution in [1.82, 2.24) is 14.1 Å². The molecule has 0 spiro atoms. The molecule has 3 N–H and O–H groups in total. The normalized spacial score (nSPS) is 12.5. The molecule has 0 radical (unpaired) electrons. The molecule has 12 heavy (non-hydrogen) atoms. The van der Waals surface area contributed by atoms with Gasteiger partial charge in [0, 0.05) is 12.6 Å². The van der Waals surface area contributed by atoms with E-state index in [1.54, 1.807) is 0 Å². The van der Waals surface area contributed by atoms with E-state index in [1.807, 2.05) is 6.92 Å². The molecule has 0 aliphatic rings. The average Bonchev–Trinajstić information content (AvgIpc) is 2.56. The van der Waals surface area contributed by atoms with Gasteiger partial charge in [-0.25, -0.2) is 0 Å². The number of carbonyl (C=O) groups is 1. The molecule has 0 unspecified atom stereocenters. The molecule has 0 bridgehead atoms. The van der Waals surface area contributed by atoms with Crippen LogP contribution in [0.3, 0.4) is 0 Å². The van der Waals surface area contributed by atoms with Crippen molar-refractivity contribution in [2.45, 2.75) is 13.0 Å². The summed E-state index contributed by atoms with van der Waals surface area (Å²) in [5.74, 6) is -0.221. The van der Waals surface area contributed by atoms with Crippen LogP contribution in [0, 0.1) is 0 Å². The van der Waals surface area contributed by atoms with Crippen LogP contribution in [0.2, 0.25) is 0 Å². The molecular weight excluding hydrogens is 176 g/mol. The second-order valence-corrected chi connectivity index (χ2v) is 2.96. The summed E-state index contributed by atoms with van der Waals surface area (Å²) in [6, 6.07) is -0.0285. The standard InChI is InChI=1S/C6H10N4OS/c1-4(2-7)9-6(11)5-3-8-12-10-5/h3-4H,2,7H2,1H3,(H,9,11)/t4-/m0/s1. The molecule has 1 atom stereocenters. The van der Waals surface area contributed by atoms with Crippen LogP contribution in [0.1, 0.15) is 17.4 Å². The molecule has 0 aliphatic carbocycles. The number of hydrogen-bond donors (Lipinski definition) is 2. The smallest absolute Gasteiger partial charge is 0.272 e. The van der Waals surface area contributed by atoms with Crippen LogP contribution in [-0.2, 0) is 0 Å². The molecule has 66 valence electrons. The number of nitrogens with one attached hydrogen (secondary N) is 1. The van der Waals surface area contributed by atoms with Gasteiger partial charge in [0.15, 0.2) is 5.69 Å². The number of hydrogen-bond acceptors (Lipinski definition) is 5. The Kier molecular flexibility index (Phi) is 3.12. The van der Waals surface area contributed by atoms with E-state index < -0.39 is 0 Å². The lowest BCUT2D eigenvalue weighted by atomic mass is 10.3. The maximum Gasteiger partial charge on any atom is 0.272 e. The summed E-state index contributed by atoms with van der Waals surface area (Å²) in [6.45, 7) is 2.25. The number of aromatic nitrogens is 2. The topological polar surface area (TPSA) is 80.9 Å². The third-order valence-electron chi connectivity index (χ3n) is 1.32. The van der Waals surface area contributed by atoms with E-state index in [0.29, 0.717) is 12.2 Å². The Labute approximate surface area is 74.3 Å². The zero-order chi connectivity index (χ0) is 8.97. The Morgan fingerprint density at radius 3 is 3.17 bits per heavy atom. The fourth-order valence-corrected chi connectivity index (χ4v) is 1.03. The van der Waals surface area contributed by atoms with Gasteiger partial charge in [-0.2, -0.15) is 8.75 Å². The first kappa shape index (κ1) is 9.08. The van der Waals surface area contributed by atoms with Crippen molar-refractivity contribution >= 4 is 17.6 Å². The summed E-state index contributed by atoms with van der Waals surface area (Å²) >= 11 is 1.01. The highest BCUT2D eigenvalue weighted by Crippen LogP contribution is 1.94. The van der Waals surface area contributed by atoms with Crippen molar-refractivity contribution in [1.29, 1.82) is 0 Å². The lowest BCUT2D eigenvalue weighted by Crippen LogP contribution is -2.37. The van der Waals surface area contributed by atoms with Crippen LogP contribution in [-0.4, -0.2) is 27.2 Å². The molecule has 0 aliphatic heterocycles. The first-order valence-corrected chi connectivity index (χ1v) is 4.25. The Morgan fingerprint density at radius 2 is 2.67 bits per heavy atom. The van der Waals surface area contributed by atoms with Gasteiger partial charge in [0.2, 0.25) is 0 Å². The minimum absolute atomic E-state index is 0.0285. The van der Waals surface area contributed by atoms with Gasteiger partial charge >= 0.3 is 0 Å². The SMILES string of the molecule is C[C@@H](CN)NC(=O)c1cnsn1. The van der Waals surface area contributed by atoms with Gasteiger partial charge in [0.25, 0.3) is 5.91 Å². The van der Waals surface area contributed by atoms with Crippen molar-refractivity contribution in [2.24, 2.45) is 5.73 Å². The maximum absolute atomic E-state index is 11.2. The van der Waals surface area contributed by atoms with Crippen molar-refractivity contribution < 1.29 is 4.79 Å².